The van der Waals surface area contributed by atoms with Gasteiger partial charge in [0.05, 0.1) is 0 Å². The molecule has 0 radical (unpaired) electrons. The third-order valence-corrected chi connectivity index (χ3v) is 6.11. The van der Waals surface area contributed by atoms with Crippen LogP contribution in [0.5, 0.6) is 0 Å². The predicted octanol–water partition coefficient (Wildman–Crippen LogP) is 5.91. The molecule has 36 heavy (non-hydrogen) atoms. The van der Waals surface area contributed by atoms with Crippen molar-refractivity contribution in [2.75, 3.05) is 6.54 Å². The summed E-state index contributed by atoms with van der Waals surface area (Å²) in [6.45, 7) is 17.9. The summed E-state index contributed by atoms with van der Waals surface area (Å²) in [5, 5.41) is 5.86. The zero-order chi connectivity index (χ0) is 27.5. The van der Waals surface area contributed by atoms with E-state index >= 15 is 0 Å². The van der Waals surface area contributed by atoms with Gasteiger partial charge in [-0.05, 0) is 70.9 Å². The minimum Gasteiger partial charge on any atom is -0.444 e. The van der Waals surface area contributed by atoms with Gasteiger partial charge in [-0.2, -0.15) is 0 Å². The van der Waals surface area contributed by atoms with Crippen LogP contribution in [0.1, 0.15) is 105 Å². The largest absolute Gasteiger partial charge is 0.444 e. The summed E-state index contributed by atoms with van der Waals surface area (Å²) in [5.74, 6) is -0.331. The molecule has 3 amide bonds. The fourth-order valence-electron chi connectivity index (χ4n) is 4.11. The molecule has 0 aliphatic carbocycles. The number of nitrogens with one attached hydrogen (secondary N) is 2. The fourth-order valence-corrected chi connectivity index (χ4v) is 4.11. The van der Waals surface area contributed by atoms with E-state index in [9.17, 15) is 14.4 Å². The molecule has 0 heterocycles. The molecular weight excluding hydrogens is 454 g/mol. The number of carbonyl (C=O) groups is 3. The number of amides is 3. The van der Waals surface area contributed by atoms with Crippen LogP contribution in [0.3, 0.4) is 0 Å². The molecular formula is C29H49N3O4. The smallest absolute Gasteiger partial charge is 0.408 e. The number of aryl methyl sites for hydroxylation is 1. The molecule has 0 saturated carbocycles. The zero-order valence-electron chi connectivity index (χ0n) is 23.9. The van der Waals surface area contributed by atoms with E-state index in [1.165, 1.54) is 0 Å². The number of rotatable bonds is 13. The number of alkyl carbamates (subject to hydrolysis) is 1. The maximum atomic E-state index is 14.2. The van der Waals surface area contributed by atoms with E-state index in [-0.39, 0.29) is 23.8 Å². The lowest BCUT2D eigenvalue weighted by Crippen LogP contribution is -2.56. The second-order valence-corrected chi connectivity index (χ2v) is 11.1. The summed E-state index contributed by atoms with van der Waals surface area (Å²) in [6, 6.07) is 5.85. The first-order valence-corrected chi connectivity index (χ1v) is 13.5. The first-order valence-electron chi connectivity index (χ1n) is 13.5. The van der Waals surface area contributed by atoms with Gasteiger partial charge in [-0.1, -0.05) is 64.8 Å². The van der Waals surface area contributed by atoms with Gasteiger partial charge < -0.3 is 20.3 Å². The van der Waals surface area contributed by atoms with Crippen LogP contribution in [0.15, 0.2) is 24.3 Å². The van der Waals surface area contributed by atoms with E-state index in [0.29, 0.717) is 19.4 Å². The van der Waals surface area contributed by atoms with Crippen molar-refractivity contribution in [2.45, 2.75) is 118 Å². The second kappa shape index (κ2) is 14.9. The van der Waals surface area contributed by atoms with Crippen LogP contribution in [-0.2, 0) is 14.3 Å². The average molecular weight is 504 g/mol. The van der Waals surface area contributed by atoms with Gasteiger partial charge >= 0.3 is 6.09 Å². The number of hydrogen-bond donors (Lipinski definition) is 2. The molecule has 1 aromatic rings. The molecule has 7 nitrogen and oxygen atoms in total. The topological polar surface area (TPSA) is 87.7 Å². The second-order valence-electron chi connectivity index (χ2n) is 11.1. The number of carbonyl (C=O) groups excluding carboxylic acids is 3. The third kappa shape index (κ3) is 10.2. The molecule has 1 rings (SSSR count). The highest BCUT2D eigenvalue weighted by Crippen LogP contribution is 2.29. The average Bonchev–Trinajstić information content (AvgIpc) is 2.78. The number of nitrogens with zero attached hydrogens (tertiary/aromatic N) is 1. The summed E-state index contributed by atoms with van der Waals surface area (Å²) in [7, 11) is 0. The molecule has 0 saturated heterocycles. The first-order chi connectivity index (χ1) is 16.8. The molecule has 0 spiro atoms. The summed E-state index contributed by atoms with van der Waals surface area (Å²) >= 11 is 0. The lowest BCUT2D eigenvalue weighted by molar-refractivity contribution is -0.145. The molecule has 0 bridgehead atoms. The lowest BCUT2D eigenvalue weighted by Gasteiger charge is -2.39. The third-order valence-electron chi connectivity index (χ3n) is 6.11. The van der Waals surface area contributed by atoms with Crippen LogP contribution in [-0.4, -0.2) is 47.0 Å². The predicted molar refractivity (Wildman–Crippen MR) is 146 cm³/mol. The molecule has 3 unspecified atom stereocenters. The van der Waals surface area contributed by atoms with Crippen LogP contribution in [0.2, 0.25) is 0 Å². The van der Waals surface area contributed by atoms with Crippen molar-refractivity contribution in [2.24, 2.45) is 5.92 Å². The molecule has 0 aliphatic heterocycles. The Bertz CT molecular complexity index is 847. The Balaban J connectivity index is 3.47. The lowest BCUT2D eigenvalue weighted by atomic mass is 9.94. The van der Waals surface area contributed by atoms with Gasteiger partial charge in [0.25, 0.3) is 0 Å². The molecule has 0 aromatic heterocycles. The van der Waals surface area contributed by atoms with Crippen LogP contribution in [0, 0.1) is 12.8 Å². The Hall–Kier alpha value is -2.57. The fraction of sp³-hybridized carbons (Fsp3) is 0.690. The molecule has 1 aromatic carbocycles. The molecule has 0 aliphatic rings. The maximum Gasteiger partial charge on any atom is 0.408 e. The van der Waals surface area contributed by atoms with Crippen molar-refractivity contribution in [1.82, 2.24) is 15.5 Å². The number of hydrogen-bond acceptors (Lipinski definition) is 4. The van der Waals surface area contributed by atoms with Crippen LogP contribution in [0.25, 0.3) is 0 Å². The van der Waals surface area contributed by atoms with Crippen LogP contribution >= 0.6 is 0 Å². The zero-order valence-corrected chi connectivity index (χ0v) is 23.9. The monoisotopic (exact) mass is 503 g/mol. The first kappa shape index (κ1) is 31.5. The minimum atomic E-state index is -0.812. The molecule has 204 valence electrons. The van der Waals surface area contributed by atoms with Gasteiger partial charge in [0.15, 0.2) is 0 Å². The number of benzene rings is 1. The molecule has 0 fully saturated rings. The number of unbranched alkanes of at least 4 members (excludes halogenated alkanes) is 2. The highest BCUT2D eigenvalue weighted by Gasteiger charge is 2.39. The van der Waals surface area contributed by atoms with Gasteiger partial charge in [0.1, 0.15) is 17.7 Å². The number of ether oxygens (including phenoxy) is 1. The van der Waals surface area contributed by atoms with Gasteiger partial charge in [0.2, 0.25) is 11.8 Å². The van der Waals surface area contributed by atoms with Gasteiger partial charge in [-0.25, -0.2) is 4.79 Å². The Morgan fingerprint density at radius 3 is 2.19 bits per heavy atom. The van der Waals surface area contributed by atoms with E-state index in [2.05, 4.69) is 17.6 Å². The van der Waals surface area contributed by atoms with Gasteiger partial charge in [-0.15, -0.1) is 0 Å². The Morgan fingerprint density at radius 2 is 1.67 bits per heavy atom. The van der Waals surface area contributed by atoms with Crippen molar-refractivity contribution < 1.29 is 19.1 Å². The summed E-state index contributed by atoms with van der Waals surface area (Å²) in [4.78, 5) is 42.2. The van der Waals surface area contributed by atoms with Crippen LogP contribution in [0.4, 0.5) is 4.79 Å². The van der Waals surface area contributed by atoms with Crippen molar-refractivity contribution in [1.29, 1.82) is 0 Å². The molecule has 3 atom stereocenters. The van der Waals surface area contributed by atoms with Crippen LogP contribution < -0.4 is 10.6 Å². The Labute approximate surface area is 218 Å². The summed E-state index contributed by atoms with van der Waals surface area (Å²) in [6.07, 6.45) is 3.43. The van der Waals surface area contributed by atoms with E-state index in [0.717, 1.165) is 30.4 Å². The minimum absolute atomic E-state index is 0.146. The normalized spacial score (nSPS) is 14.1. The quantitative estimate of drug-likeness (QED) is 0.328. The van der Waals surface area contributed by atoms with E-state index < -0.39 is 23.8 Å². The molecule has 2 N–H and O–H groups in total. The SMILES string of the molecule is CCCCCNC(=O)C(c1ccccc1C)N(C(=O)C(CC(C)C)NC(=O)OC(C)(C)C)C(C)CC. The van der Waals surface area contributed by atoms with Crippen molar-refractivity contribution >= 4 is 17.9 Å². The van der Waals surface area contributed by atoms with E-state index in [4.69, 9.17) is 4.74 Å². The summed E-state index contributed by atoms with van der Waals surface area (Å²) < 4.78 is 5.45. The van der Waals surface area contributed by atoms with E-state index in [1.807, 2.05) is 58.9 Å². The highest BCUT2D eigenvalue weighted by molar-refractivity contribution is 5.92. The molecule has 7 heteroatoms. The van der Waals surface area contributed by atoms with E-state index in [1.54, 1.807) is 25.7 Å². The van der Waals surface area contributed by atoms with Crippen molar-refractivity contribution in [3.63, 3.8) is 0 Å². The van der Waals surface area contributed by atoms with Gasteiger partial charge in [0, 0.05) is 12.6 Å². The van der Waals surface area contributed by atoms with Crippen molar-refractivity contribution in [3.05, 3.63) is 35.4 Å². The summed E-state index contributed by atoms with van der Waals surface area (Å²) in [5.41, 5.74) is 1.04. The van der Waals surface area contributed by atoms with Gasteiger partial charge in [-0.3, -0.25) is 9.59 Å². The Kier molecular flexibility index (Phi) is 13.0. The maximum absolute atomic E-state index is 14.2. The van der Waals surface area contributed by atoms with Crippen molar-refractivity contribution in [3.8, 4) is 0 Å². The standard InChI is InChI=1S/C29H49N3O4/c1-10-12-15-18-30-26(33)25(23-17-14-13-16-21(23)5)32(22(6)11-2)27(34)24(19-20(3)4)31-28(35)36-29(7,8)9/h13-14,16-17,20,22,24-25H,10-12,15,18-19H2,1-9H3,(H,30,33)(H,31,35). The Morgan fingerprint density at radius 1 is 1.03 bits per heavy atom. The highest BCUT2D eigenvalue weighted by atomic mass is 16.6.